The fraction of sp³-hybridized carbons (Fsp3) is 0.310. The minimum atomic E-state index is -0.268. The maximum Gasteiger partial charge on any atom is 0.266 e. The molecule has 42 heavy (non-hydrogen) atoms. The van der Waals surface area contributed by atoms with Crippen LogP contribution in [-0.4, -0.2) is 48.9 Å². The number of hydrogen-bond acceptors (Lipinski definition) is 11. The fourth-order valence-electron chi connectivity index (χ4n) is 4.66. The Hall–Kier alpha value is -3.26. The van der Waals surface area contributed by atoms with Gasteiger partial charge in [-0.05, 0) is 61.6 Å². The average Bonchev–Trinajstić information content (AvgIpc) is 3.69. The molecule has 6 rings (SSSR count). The van der Waals surface area contributed by atoms with Crippen molar-refractivity contribution in [2.24, 2.45) is 0 Å². The zero-order chi connectivity index (χ0) is 28.9. The molecule has 0 atom stereocenters. The van der Waals surface area contributed by atoms with Crippen molar-refractivity contribution in [1.29, 1.82) is 0 Å². The molecule has 0 spiro atoms. The first-order chi connectivity index (χ1) is 20.5. The van der Waals surface area contributed by atoms with Crippen LogP contribution in [0.2, 0.25) is 0 Å². The Morgan fingerprint density at radius 3 is 2.76 bits per heavy atom. The Morgan fingerprint density at radius 2 is 1.95 bits per heavy atom. The number of aromatic nitrogens is 3. The molecule has 1 saturated carbocycles. The number of thiocarbonyl (C=S) groups is 1. The van der Waals surface area contributed by atoms with Crippen LogP contribution in [0.1, 0.15) is 49.1 Å². The number of para-hydroxylation sites is 2. The molecule has 2 aromatic carbocycles. The summed E-state index contributed by atoms with van der Waals surface area (Å²) in [6.45, 7) is 0.182. The number of nitrogens with zero attached hydrogens (tertiary/aromatic N) is 4. The van der Waals surface area contributed by atoms with E-state index in [-0.39, 0.29) is 30.9 Å². The summed E-state index contributed by atoms with van der Waals surface area (Å²) in [5, 5.41) is 12.6. The van der Waals surface area contributed by atoms with E-state index in [2.05, 4.69) is 20.5 Å². The first-order valence-electron chi connectivity index (χ1n) is 13.6. The number of nitrogens with one attached hydrogen (secondary N) is 1. The van der Waals surface area contributed by atoms with Crippen LogP contribution in [-0.2, 0) is 15.3 Å². The molecule has 0 radical (unpaired) electrons. The number of amides is 2. The number of ether oxygens (including phenoxy) is 1. The van der Waals surface area contributed by atoms with Crippen LogP contribution in [0, 0.1) is 0 Å². The lowest BCUT2D eigenvalue weighted by Gasteiger charge is -2.22. The van der Waals surface area contributed by atoms with Crippen molar-refractivity contribution in [1.82, 2.24) is 20.1 Å². The number of oxazole rings is 1. The van der Waals surface area contributed by atoms with E-state index in [1.165, 1.54) is 59.0 Å². The van der Waals surface area contributed by atoms with Crippen LogP contribution in [0.25, 0.3) is 17.2 Å². The number of carbonyl (C=O) groups is 2. The van der Waals surface area contributed by atoms with E-state index in [1.54, 1.807) is 0 Å². The SMILES string of the molecule is O=C(CCN1C(=O)/C(=C/c2ccc(OC3CCCCC3)cc2)SC1=S)Nc1nnc(CSc2nc3ccccc3o2)s1. The third kappa shape index (κ3) is 7.20. The van der Waals surface area contributed by atoms with E-state index >= 15 is 0 Å². The van der Waals surface area contributed by atoms with Gasteiger partial charge in [0.25, 0.3) is 11.1 Å². The number of rotatable bonds is 10. The lowest BCUT2D eigenvalue weighted by Crippen LogP contribution is -2.31. The molecule has 1 aliphatic carbocycles. The van der Waals surface area contributed by atoms with Gasteiger partial charge in [-0.2, -0.15) is 0 Å². The first kappa shape index (κ1) is 28.8. The Balaban J connectivity index is 0.970. The van der Waals surface area contributed by atoms with Crippen molar-refractivity contribution in [3.8, 4) is 5.75 Å². The molecule has 4 aromatic rings. The highest BCUT2D eigenvalue weighted by atomic mass is 32.2. The number of carbonyl (C=O) groups excluding carboxylic acids is 2. The summed E-state index contributed by atoms with van der Waals surface area (Å²) in [6, 6.07) is 15.4. The van der Waals surface area contributed by atoms with Gasteiger partial charge in [-0.25, -0.2) is 4.98 Å². The van der Waals surface area contributed by atoms with Crippen molar-refractivity contribution < 1.29 is 18.7 Å². The number of benzene rings is 2. The predicted molar refractivity (Wildman–Crippen MR) is 171 cm³/mol. The van der Waals surface area contributed by atoms with Crippen LogP contribution in [0.4, 0.5) is 5.13 Å². The van der Waals surface area contributed by atoms with E-state index in [0.717, 1.165) is 40.3 Å². The summed E-state index contributed by atoms with van der Waals surface area (Å²) in [5.74, 6) is 0.896. The summed E-state index contributed by atoms with van der Waals surface area (Å²) in [4.78, 5) is 32.1. The third-order valence-electron chi connectivity index (χ3n) is 6.78. The van der Waals surface area contributed by atoms with Gasteiger partial charge in [0, 0.05) is 13.0 Å². The Bertz CT molecular complexity index is 1600. The van der Waals surface area contributed by atoms with Crippen LogP contribution < -0.4 is 10.1 Å². The molecule has 3 heterocycles. The second-order valence-corrected chi connectivity index (χ2v) is 13.5. The number of fused-ring (bicyclic) bond motifs is 1. The predicted octanol–water partition coefficient (Wildman–Crippen LogP) is 6.91. The standard InChI is InChI=1S/C29H27N5O4S4/c35-24(31-27-33-32-25(42-27)17-40-28-30-21-8-4-5-9-22(21)38-28)14-15-34-26(36)23(41-29(34)39)16-18-10-12-20(13-11-18)37-19-6-2-1-3-7-19/h4-5,8-13,16,19H,1-3,6-7,14-15,17H2,(H,31,33,35)/b23-16-. The van der Waals surface area contributed by atoms with Gasteiger partial charge in [-0.3, -0.25) is 14.5 Å². The Kier molecular flexibility index (Phi) is 9.18. The molecule has 2 aliphatic rings. The molecule has 2 amide bonds. The molecule has 1 saturated heterocycles. The molecule has 9 nitrogen and oxygen atoms in total. The molecule has 1 N–H and O–H groups in total. The van der Waals surface area contributed by atoms with E-state index in [9.17, 15) is 9.59 Å². The van der Waals surface area contributed by atoms with Crippen LogP contribution in [0.3, 0.4) is 0 Å². The molecular formula is C29H27N5O4S4. The zero-order valence-corrected chi connectivity index (χ0v) is 25.8. The number of anilines is 1. The molecule has 2 fully saturated rings. The van der Waals surface area contributed by atoms with Crippen LogP contribution in [0.5, 0.6) is 5.75 Å². The van der Waals surface area contributed by atoms with Crippen molar-refractivity contribution in [3.05, 3.63) is 64.0 Å². The van der Waals surface area contributed by atoms with Crippen LogP contribution in [0.15, 0.2) is 63.1 Å². The lowest BCUT2D eigenvalue weighted by atomic mass is 9.98. The molecule has 0 unspecified atom stereocenters. The number of thioether (sulfide) groups is 2. The maximum absolute atomic E-state index is 13.0. The van der Waals surface area contributed by atoms with Crippen molar-refractivity contribution in [2.75, 3.05) is 11.9 Å². The molecule has 1 aliphatic heterocycles. The van der Waals surface area contributed by atoms with Gasteiger partial charge in [0.2, 0.25) is 11.0 Å². The van der Waals surface area contributed by atoms with Gasteiger partial charge in [0.05, 0.1) is 16.8 Å². The highest BCUT2D eigenvalue weighted by molar-refractivity contribution is 8.26. The summed E-state index contributed by atoms with van der Waals surface area (Å²) in [5.41, 5.74) is 2.43. The number of hydrogen-bond donors (Lipinski definition) is 1. The van der Waals surface area contributed by atoms with Crippen molar-refractivity contribution in [2.45, 2.75) is 55.6 Å². The monoisotopic (exact) mass is 637 g/mol. The second kappa shape index (κ2) is 13.4. The van der Waals surface area contributed by atoms with Gasteiger partial charge in [0.1, 0.15) is 20.6 Å². The second-order valence-electron chi connectivity index (χ2n) is 9.82. The Labute approximate surface area is 260 Å². The molecule has 216 valence electrons. The smallest absolute Gasteiger partial charge is 0.266 e. The minimum absolute atomic E-state index is 0.0828. The summed E-state index contributed by atoms with van der Waals surface area (Å²) < 4.78 is 12.3. The van der Waals surface area contributed by atoms with Crippen molar-refractivity contribution in [3.63, 3.8) is 0 Å². The zero-order valence-electron chi connectivity index (χ0n) is 22.5. The van der Waals surface area contributed by atoms with E-state index in [1.807, 2.05) is 54.6 Å². The topological polar surface area (TPSA) is 110 Å². The van der Waals surface area contributed by atoms with Gasteiger partial charge in [-0.1, -0.05) is 77.8 Å². The van der Waals surface area contributed by atoms with E-state index < -0.39 is 0 Å². The lowest BCUT2D eigenvalue weighted by molar-refractivity contribution is -0.122. The molecule has 13 heteroatoms. The minimum Gasteiger partial charge on any atom is -0.490 e. The first-order valence-corrected chi connectivity index (χ1v) is 16.7. The quantitative estimate of drug-likeness (QED) is 0.112. The summed E-state index contributed by atoms with van der Waals surface area (Å²) in [6.07, 6.45) is 8.13. The van der Waals surface area contributed by atoms with Gasteiger partial charge in [-0.15, -0.1) is 10.2 Å². The normalized spacial score (nSPS) is 17.0. The summed E-state index contributed by atoms with van der Waals surface area (Å²) in [7, 11) is 0. The molecular weight excluding hydrogens is 611 g/mol. The fourth-order valence-corrected chi connectivity index (χ4v) is 7.54. The van der Waals surface area contributed by atoms with Gasteiger partial charge < -0.3 is 14.5 Å². The Morgan fingerprint density at radius 1 is 1.14 bits per heavy atom. The van der Waals surface area contributed by atoms with E-state index in [0.29, 0.717) is 25.3 Å². The highest BCUT2D eigenvalue weighted by Crippen LogP contribution is 2.33. The maximum atomic E-state index is 13.0. The summed E-state index contributed by atoms with van der Waals surface area (Å²) >= 11 is 9.38. The highest BCUT2D eigenvalue weighted by Gasteiger charge is 2.32. The molecule has 2 aromatic heterocycles. The third-order valence-corrected chi connectivity index (χ3v) is 10.0. The van der Waals surface area contributed by atoms with Gasteiger partial charge >= 0.3 is 0 Å². The van der Waals surface area contributed by atoms with Gasteiger partial charge in [0.15, 0.2) is 5.58 Å². The molecule has 0 bridgehead atoms. The average molecular weight is 638 g/mol. The van der Waals surface area contributed by atoms with E-state index in [4.69, 9.17) is 21.4 Å². The largest absolute Gasteiger partial charge is 0.490 e. The van der Waals surface area contributed by atoms with Crippen molar-refractivity contribution >= 4 is 85.5 Å². The van der Waals surface area contributed by atoms with Crippen LogP contribution >= 0.6 is 47.1 Å².